The highest BCUT2D eigenvalue weighted by Crippen LogP contribution is 2.20. The van der Waals surface area contributed by atoms with Gasteiger partial charge >= 0.3 is 0 Å². The molecule has 0 unspecified atom stereocenters. The van der Waals surface area contributed by atoms with E-state index in [-0.39, 0.29) is 0 Å². The van der Waals surface area contributed by atoms with Crippen LogP contribution in [0.15, 0.2) is 54.7 Å². The normalized spacial score (nSPS) is 10.7. The zero-order valence-corrected chi connectivity index (χ0v) is 11.8. The Balaban J connectivity index is 2.00. The lowest BCUT2D eigenvalue weighted by molar-refractivity contribution is 0.833. The van der Waals surface area contributed by atoms with Gasteiger partial charge < -0.3 is 10.3 Å². The lowest BCUT2D eigenvalue weighted by Gasteiger charge is -2.08. The van der Waals surface area contributed by atoms with Gasteiger partial charge in [-0.1, -0.05) is 30.3 Å². The minimum atomic E-state index is 0.656. The standard InChI is InChI=1S/C18H17N3/c19-9-7-14-5-6-15-8-10-21(18(15)11-14)13-17-4-2-1-3-16(17)12-20/h1-6,8,10-11H,7,9,13,19H2. The Morgan fingerprint density at radius 1 is 1.10 bits per heavy atom. The van der Waals surface area contributed by atoms with Crippen molar-refractivity contribution in [3.8, 4) is 6.07 Å². The van der Waals surface area contributed by atoms with Crippen LogP contribution in [0.5, 0.6) is 0 Å². The van der Waals surface area contributed by atoms with Crippen molar-refractivity contribution in [3.05, 3.63) is 71.4 Å². The van der Waals surface area contributed by atoms with Crippen LogP contribution in [0.3, 0.4) is 0 Å². The quantitative estimate of drug-likeness (QED) is 0.795. The summed E-state index contributed by atoms with van der Waals surface area (Å²) in [4.78, 5) is 0. The Labute approximate surface area is 124 Å². The zero-order valence-electron chi connectivity index (χ0n) is 11.8. The lowest BCUT2D eigenvalue weighted by atomic mass is 10.1. The van der Waals surface area contributed by atoms with Crippen LogP contribution < -0.4 is 5.73 Å². The van der Waals surface area contributed by atoms with E-state index < -0.39 is 0 Å². The molecule has 3 nitrogen and oxygen atoms in total. The Morgan fingerprint density at radius 3 is 2.76 bits per heavy atom. The van der Waals surface area contributed by atoms with Crippen molar-refractivity contribution < 1.29 is 0 Å². The van der Waals surface area contributed by atoms with Crippen molar-refractivity contribution in [2.45, 2.75) is 13.0 Å². The van der Waals surface area contributed by atoms with Crippen molar-refractivity contribution in [3.63, 3.8) is 0 Å². The first-order valence-electron chi connectivity index (χ1n) is 7.07. The molecule has 3 aromatic rings. The Hall–Kier alpha value is -2.57. The van der Waals surface area contributed by atoms with Gasteiger partial charge in [-0.3, -0.25) is 0 Å². The van der Waals surface area contributed by atoms with Gasteiger partial charge in [-0.2, -0.15) is 5.26 Å². The summed E-state index contributed by atoms with van der Waals surface area (Å²) in [6.45, 7) is 1.36. The molecule has 0 spiro atoms. The van der Waals surface area contributed by atoms with Crippen molar-refractivity contribution in [1.29, 1.82) is 5.26 Å². The molecule has 104 valence electrons. The van der Waals surface area contributed by atoms with E-state index in [1.807, 2.05) is 24.3 Å². The van der Waals surface area contributed by atoms with E-state index in [1.54, 1.807) is 0 Å². The van der Waals surface area contributed by atoms with E-state index in [0.717, 1.165) is 17.5 Å². The molecule has 2 aromatic carbocycles. The van der Waals surface area contributed by atoms with Crippen molar-refractivity contribution in [2.75, 3.05) is 6.54 Å². The van der Waals surface area contributed by atoms with Crippen LogP contribution in [0.2, 0.25) is 0 Å². The fourth-order valence-corrected chi connectivity index (χ4v) is 2.64. The molecule has 3 heteroatoms. The van der Waals surface area contributed by atoms with Gasteiger partial charge in [0.2, 0.25) is 0 Å². The number of nitrogens with zero attached hydrogens (tertiary/aromatic N) is 2. The second-order valence-electron chi connectivity index (χ2n) is 5.14. The Kier molecular flexibility index (Phi) is 3.72. The highest BCUT2D eigenvalue weighted by Gasteiger charge is 2.06. The molecule has 0 amide bonds. The van der Waals surface area contributed by atoms with Crippen LogP contribution in [-0.4, -0.2) is 11.1 Å². The minimum Gasteiger partial charge on any atom is -0.343 e. The second-order valence-corrected chi connectivity index (χ2v) is 5.14. The third-order valence-corrected chi connectivity index (χ3v) is 3.75. The molecule has 0 radical (unpaired) electrons. The van der Waals surface area contributed by atoms with E-state index in [4.69, 9.17) is 5.73 Å². The van der Waals surface area contributed by atoms with Crippen LogP contribution in [0.1, 0.15) is 16.7 Å². The van der Waals surface area contributed by atoms with Gasteiger partial charge in [-0.05, 0) is 47.7 Å². The molecule has 0 bridgehead atoms. The van der Waals surface area contributed by atoms with Crippen molar-refractivity contribution in [1.82, 2.24) is 4.57 Å². The highest BCUT2D eigenvalue weighted by atomic mass is 14.9. The predicted molar refractivity (Wildman–Crippen MR) is 85.0 cm³/mol. The average molecular weight is 275 g/mol. The molecular formula is C18H17N3. The van der Waals surface area contributed by atoms with Crippen LogP contribution >= 0.6 is 0 Å². The highest BCUT2D eigenvalue weighted by molar-refractivity contribution is 5.81. The maximum Gasteiger partial charge on any atom is 0.0995 e. The van der Waals surface area contributed by atoms with Gasteiger partial charge in [0.15, 0.2) is 0 Å². The smallest absolute Gasteiger partial charge is 0.0995 e. The van der Waals surface area contributed by atoms with Crippen LogP contribution in [-0.2, 0) is 13.0 Å². The van der Waals surface area contributed by atoms with Gasteiger partial charge in [-0.15, -0.1) is 0 Å². The second kappa shape index (κ2) is 5.82. The van der Waals surface area contributed by atoms with Crippen LogP contribution in [0, 0.1) is 11.3 Å². The van der Waals surface area contributed by atoms with Gasteiger partial charge in [0.25, 0.3) is 0 Å². The molecule has 0 atom stereocenters. The van der Waals surface area contributed by atoms with Crippen molar-refractivity contribution in [2.24, 2.45) is 5.73 Å². The molecule has 2 N–H and O–H groups in total. The number of hydrogen-bond donors (Lipinski definition) is 1. The summed E-state index contributed by atoms with van der Waals surface area (Å²) >= 11 is 0. The first-order chi connectivity index (χ1) is 10.3. The SMILES string of the molecule is N#Cc1ccccc1Cn1ccc2ccc(CCN)cc21. The predicted octanol–water partition coefficient (Wildman–Crippen LogP) is 3.06. The molecule has 0 aliphatic heterocycles. The summed E-state index contributed by atoms with van der Waals surface area (Å²) in [6, 6.07) is 18.6. The molecule has 0 aliphatic rings. The van der Waals surface area contributed by atoms with Crippen LogP contribution in [0.25, 0.3) is 10.9 Å². The number of fused-ring (bicyclic) bond motifs is 1. The molecule has 3 rings (SSSR count). The maximum atomic E-state index is 9.20. The molecule has 0 aliphatic carbocycles. The molecule has 21 heavy (non-hydrogen) atoms. The van der Waals surface area contributed by atoms with Gasteiger partial charge in [0, 0.05) is 18.3 Å². The fraction of sp³-hybridized carbons (Fsp3) is 0.167. The van der Waals surface area contributed by atoms with Gasteiger partial charge in [-0.25, -0.2) is 0 Å². The third kappa shape index (κ3) is 2.67. The van der Waals surface area contributed by atoms with E-state index in [2.05, 4.69) is 41.1 Å². The first kappa shape index (κ1) is 13.4. The average Bonchev–Trinajstić information content (AvgIpc) is 2.91. The summed E-state index contributed by atoms with van der Waals surface area (Å²) in [7, 11) is 0. The third-order valence-electron chi connectivity index (χ3n) is 3.75. The number of nitrogens with two attached hydrogens (primary N) is 1. The monoisotopic (exact) mass is 275 g/mol. The minimum absolute atomic E-state index is 0.656. The Morgan fingerprint density at radius 2 is 1.95 bits per heavy atom. The van der Waals surface area contributed by atoms with Gasteiger partial charge in [0.1, 0.15) is 0 Å². The van der Waals surface area contributed by atoms with Gasteiger partial charge in [0.05, 0.1) is 11.6 Å². The number of nitriles is 1. The summed E-state index contributed by atoms with van der Waals surface area (Å²) < 4.78 is 2.19. The lowest BCUT2D eigenvalue weighted by Crippen LogP contribution is -2.03. The largest absolute Gasteiger partial charge is 0.343 e. The summed E-state index contributed by atoms with van der Waals surface area (Å²) in [5.41, 5.74) is 9.85. The van der Waals surface area contributed by atoms with Crippen LogP contribution in [0.4, 0.5) is 0 Å². The number of rotatable bonds is 4. The molecule has 0 saturated heterocycles. The summed E-state index contributed by atoms with van der Waals surface area (Å²) in [5.74, 6) is 0. The first-order valence-corrected chi connectivity index (χ1v) is 7.07. The summed E-state index contributed by atoms with van der Waals surface area (Å²) in [6.07, 6.45) is 2.96. The molecule has 1 aromatic heterocycles. The molecule has 0 fully saturated rings. The summed E-state index contributed by atoms with van der Waals surface area (Å²) in [5, 5.41) is 10.4. The van der Waals surface area contributed by atoms with E-state index in [1.165, 1.54) is 16.5 Å². The molecule has 1 heterocycles. The van der Waals surface area contributed by atoms with E-state index in [0.29, 0.717) is 13.1 Å². The Bertz CT molecular complexity index is 809. The fourth-order valence-electron chi connectivity index (χ4n) is 2.64. The van der Waals surface area contributed by atoms with E-state index >= 15 is 0 Å². The topological polar surface area (TPSA) is 54.7 Å². The number of benzene rings is 2. The zero-order chi connectivity index (χ0) is 14.7. The van der Waals surface area contributed by atoms with E-state index in [9.17, 15) is 5.26 Å². The maximum absolute atomic E-state index is 9.20. The number of aromatic nitrogens is 1. The number of hydrogen-bond acceptors (Lipinski definition) is 2. The molecular weight excluding hydrogens is 258 g/mol. The van der Waals surface area contributed by atoms with Crippen molar-refractivity contribution >= 4 is 10.9 Å². The molecule has 0 saturated carbocycles.